The van der Waals surface area contributed by atoms with Gasteiger partial charge in [-0.25, -0.2) is 4.79 Å². The summed E-state index contributed by atoms with van der Waals surface area (Å²) in [6.45, 7) is 2.31. The number of ether oxygens (including phenoxy) is 2. The first-order valence-corrected chi connectivity index (χ1v) is 8.58. The van der Waals surface area contributed by atoms with Crippen molar-refractivity contribution in [1.82, 2.24) is 0 Å². The molecule has 0 aliphatic rings. The van der Waals surface area contributed by atoms with Crippen LogP contribution in [0.15, 0.2) is 78.9 Å². The Hall–Kier alpha value is -3.60. The molecule has 27 heavy (non-hydrogen) atoms. The number of hydrogen-bond donors (Lipinski definition) is 1. The van der Waals surface area contributed by atoms with Gasteiger partial charge in [-0.1, -0.05) is 30.3 Å². The number of esters is 1. The molecule has 0 saturated heterocycles. The molecule has 3 aromatic rings. The molecule has 1 amide bonds. The smallest absolute Gasteiger partial charge is 0.347 e. The van der Waals surface area contributed by atoms with Crippen LogP contribution in [0.3, 0.4) is 0 Å². The lowest BCUT2D eigenvalue weighted by molar-refractivity contribution is 0.0730. The number of benzene rings is 3. The average Bonchev–Trinajstić information content (AvgIpc) is 2.71. The second-order valence-electron chi connectivity index (χ2n) is 5.66. The third-order valence-corrected chi connectivity index (χ3v) is 3.77. The molecule has 0 atom stereocenters. The number of amides is 1. The van der Waals surface area contributed by atoms with E-state index in [0.29, 0.717) is 34.9 Å². The van der Waals surface area contributed by atoms with E-state index in [1.807, 2.05) is 13.0 Å². The molecule has 0 unspecified atom stereocenters. The van der Waals surface area contributed by atoms with E-state index in [2.05, 4.69) is 5.32 Å². The average molecular weight is 361 g/mol. The molecule has 3 aromatic carbocycles. The van der Waals surface area contributed by atoms with Crippen molar-refractivity contribution < 1.29 is 19.1 Å². The maximum absolute atomic E-state index is 12.4. The second kappa shape index (κ2) is 8.67. The lowest BCUT2D eigenvalue weighted by Crippen LogP contribution is -2.12. The van der Waals surface area contributed by atoms with E-state index in [0.717, 1.165) is 0 Å². The van der Waals surface area contributed by atoms with Crippen molar-refractivity contribution in [1.29, 1.82) is 0 Å². The van der Waals surface area contributed by atoms with Crippen LogP contribution < -0.4 is 14.8 Å². The number of carbonyl (C=O) groups excluding carboxylic acids is 2. The summed E-state index contributed by atoms with van der Waals surface area (Å²) < 4.78 is 10.9. The van der Waals surface area contributed by atoms with E-state index in [4.69, 9.17) is 9.47 Å². The number of anilines is 1. The zero-order valence-corrected chi connectivity index (χ0v) is 14.8. The molecule has 3 rings (SSSR count). The Balaban J connectivity index is 1.66. The topological polar surface area (TPSA) is 64.6 Å². The summed E-state index contributed by atoms with van der Waals surface area (Å²) in [7, 11) is 0. The highest BCUT2D eigenvalue weighted by Gasteiger charge is 2.14. The summed E-state index contributed by atoms with van der Waals surface area (Å²) in [6.07, 6.45) is 0. The quantitative estimate of drug-likeness (QED) is 0.516. The minimum atomic E-state index is -0.500. The fraction of sp³-hybridized carbons (Fsp3) is 0.0909. The Morgan fingerprint density at radius 2 is 1.52 bits per heavy atom. The second-order valence-corrected chi connectivity index (χ2v) is 5.66. The molecule has 0 saturated carbocycles. The number of para-hydroxylation sites is 1. The van der Waals surface area contributed by atoms with Crippen LogP contribution in [0.25, 0.3) is 0 Å². The molecular weight excluding hydrogens is 342 g/mol. The van der Waals surface area contributed by atoms with Gasteiger partial charge in [-0.15, -0.1) is 0 Å². The Labute approximate surface area is 157 Å². The molecule has 0 radical (unpaired) electrons. The number of nitrogens with one attached hydrogen (secondary N) is 1. The first-order chi connectivity index (χ1) is 13.2. The van der Waals surface area contributed by atoms with Crippen molar-refractivity contribution in [3.8, 4) is 11.5 Å². The van der Waals surface area contributed by atoms with Crippen LogP contribution in [0.5, 0.6) is 11.5 Å². The summed E-state index contributed by atoms with van der Waals surface area (Å²) >= 11 is 0. The van der Waals surface area contributed by atoms with Gasteiger partial charge in [0, 0.05) is 11.3 Å². The van der Waals surface area contributed by atoms with Crippen LogP contribution >= 0.6 is 0 Å². The van der Waals surface area contributed by atoms with E-state index in [1.165, 1.54) is 0 Å². The number of hydrogen-bond acceptors (Lipinski definition) is 4. The molecule has 0 spiro atoms. The summed E-state index contributed by atoms with van der Waals surface area (Å²) in [4.78, 5) is 24.5. The van der Waals surface area contributed by atoms with Crippen molar-refractivity contribution in [2.75, 3.05) is 11.9 Å². The largest absolute Gasteiger partial charge is 0.493 e. The molecule has 5 nitrogen and oxygen atoms in total. The number of rotatable bonds is 6. The minimum absolute atomic E-state index is 0.203. The lowest BCUT2D eigenvalue weighted by atomic mass is 10.2. The fourth-order valence-corrected chi connectivity index (χ4v) is 2.48. The van der Waals surface area contributed by atoms with Crippen molar-refractivity contribution >= 4 is 17.6 Å². The Kier molecular flexibility index (Phi) is 5.84. The van der Waals surface area contributed by atoms with Crippen molar-refractivity contribution in [2.45, 2.75) is 6.92 Å². The summed E-state index contributed by atoms with van der Waals surface area (Å²) in [5, 5.41) is 2.80. The van der Waals surface area contributed by atoms with Gasteiger partial charge in [-0.3, -0.25) is 4.79 Å². The molecule has 0 bridgehead atoms. The van der Waals surface area contributed by atoms with E-state index in [-0.39, 0.29) is 5.91 Å². The van der Waals surface area contributed by atoms with Gasteiger partial charge in [0.1, 0.15) is 17.1 Å². The molecule has 1 N–H and O–H groups in total. The van der Waals surface area contributed by atoms with Crippen LogP contribution in [0, 0.1) is 0 Å². The molecule has 0 aromatic heterocycles. The third kappa shape index (κ3) is 4.73. The zero-order chi connectivity index (χ0) is 19.1. The summed E-state index contributed by atoms with van der Waals surface area (Å²) in [5.74, 6) is 0.159. The molecule has 5 heteroatoms. The monoisotopic (exact) mass is 361 g/mol. The molecule has 0 aliphatic heterocycles. The van der Waals surface area contributed by atoms with Gasteiger partial charge in [0.15, 0.2) is 0 Å². The van der Waals surface area contributed by atoms with E-state index >= 15 is 0 Å². The highest BCUT2D eigenvalue weighted by molar-refractivity contribution is 6.04. The highest BCUT2D eigenvalue weighted by atomic mass is 16.5. The van der Waals surface area contributed by atoms with Crippen molar-refractivity contribution in [3.63, 3.8) is 0 Å². The lowest BCUT2D eigenvalue weighted by Gasteiger charge is -2.10. The van der Waals surface area contributed by atoms with E-state index in [1.54, 1.807) is 72.8 Å². The van der Waals surface area contributed by atoms with Gasteiger partial charge < -0.3 is 14.8 Å². The van der Waals surface area contributed by atoms with Crippen LogP contribution in [0.1, 0.15) is 27.6 Å². The Morgan fingerprint density at radius 1 is 0.852 bits per heavy atom. The molecule has 0 fully saturated rings. The molecule has 0 aliphatic carbocycles. The first kappa shape index (κ1) is 18.2. The van der Waals surface area contributed by atoms with Gasteiger partial charge >= 0.3 is 5.97 Å². The van der Waals surface area contributed by atoms with Gasteiger partial charge in [0.05, 0.1) is 6.61 Å². The minimum Gasteiger partial charge on any atom is -0.493 e. The fourth-order valence-electron chi connectivity index (χ4n) is 2.48. The normalized spacial score (nSPS) is 10.1. The van der Waals surface area contributed by atoms with Crippen LogP contribution in [0.4, 0.5) is 5.69 Å². The van der Waals surface area contributed by atoms with Gasteiger partial charge in [-0.2, -0.15) is 0 Å². The maximum atomic E-state index is 12.4. The molecule has 136 valence electrons. The van der Waals surface area contributed by atoms with Gasteiger partial charge in [0.2, 0.25) is 0 Å². The van der Waals surface area contributed by atoms with Crippen LogP contribution in [-0.2, 0) is 0 Å². The predicted octanol–water partition coefficient (Wildman–Crippen LogP) is 4.56. The van der Waals surface area contributed by atoms with Crippen molar-refractivity contribution in [3.05, 3.63) is 90.0 Å². The van der Waals surface area contributed by atoms with Crippen molar-refractivity contribution in [2.24, 2.45) is 0 Å². The zero-order valence-electron chi connectivity index (χ0n) is 14.8. The van der Waals surface area contributed by atoms with Gasteiger partial charge in [0.25, 0.3) is 5.91 Å². The Bertz CT molecular complexity index is 921. The predicted molar refractivity (Wildman–Crippen MR) is 103 cm³/mol. The summed E-state index contributed by atoms with van der Waals surface area (Å²) in [6, 6.07) is 22.5. The highest BCUT2D eigenvalue weighted by Crippen LogP contribution is 2.22. The maximum Gasteiger partial charge on any atom is 0.347 e. The third-order valence-electron chi connectivity index (χ3n) is 3.77. The molecular formula is C22H19NO4. The first-order valence-electron chi connectivity index (χ1n) is 8.58. The molecule has 0 heterocycles. The standard InChI is InChI=1S/C22H19NO4/c1-2-26-20-11-7-6-10-19(20)22(25)27-18-14-12-17(13-15-18)23-21(24)16-8-4-3-5-9-16/h3-15H,2H2,1H3,(H,23,24). The van der Waals surface area contributed by atoms with E-state index < -0.39 is 5.97 Å². The summed E-state index contributed by atoms with van der Waals surface area (Å²) in [5.41, 5.74) is 1.54. The van der Waals surface area contributed by atoms with E-state index in [9.17, 15) is 9.59 Å². The SMILES string of the molecule is CCOc1ccccc1C(=O)Oc1ccc(NC(=O)c2ccccc2)cc1. The Morgan fingerprint density at radius 3 is 2.22 bits per heavy atom. The van der Waals surface area contributed by atoms with Gasteiger partial charge in [-0.05, 0) is 55.5 Å². The van der Waals surface area contributed by atoms with Crippen LogP contribution in [0.2, 0.25) is 0 Å². The number of carbonyl (C=O) groups is 2. The van der Waals surface area contributed by atoms with Crippen LogP contribution in [-0.4, -0.2) is 18.5 Å².